The van der Waals surface area contributed by atoms with E-state index in [4.69, 9.17) is 0 Å². The Morgan fingerprint density at radius 1 is 1.33 bits per heavy atom. The zero-order chi connectivity index (χ0) is 15.5. The smallest absolute Gasteiger partial charge is 0.304 e. The number of anilines is 1. The van der Waals surface area contributed by atoms with Crippen molar-refractivity contribution in [2.24, 2.45) is 0 Å². The largest absolute Gasteiger partial charge is 0.395 e. The minimum atomic E-state index is -3.72. The highest BCUT2D eigenvalue weighted by molar-refractivity contribution is 7.90. The molecule has 21 heavy (non-hydrogen) atoms. The molecule has 0 amide bonds. The number of rotatable bonds is 5. The minimum absolute atomic E-state index is 0.180. The number of aliphatic hydroxyl groups excluding tert-OH is 1. The third kappa shape index (κ3) is 3.36. The van der Waals surface area contributed by atoms with Gasteiger partial charge in [0.1, 0.15) is 5.82 Å². The highest BCUT2D eigenvalue weighted by atomic mass is 32.2. The number of aliphatic hydroxyl groups is 1. The first-order valence-corrected chi connectivity index (χ1v) is 8.56. The molecule has 1 N–H and O–H groups in total. The van der Waals surface area contributed by atoms with Crippen LogP contribution in [0.1, 0.15) is 26.2 Å². The zero-order valence-corrected chi connectivity index (χ0v) is 12.9. The second-order valence-electron chi connectivity index (χ2n) is 5.09. The van der Waals surface area contributed by atoms with Crippen LogP contribution >= 0.6 is 0 Å². The summed E-state index contributed by atoms with van der Waals surface area (Å²) in [6.45, 7) is 2.22. The van der Waals surface area contributed by atoms with E-state index < -0.39 is 16.0 Å². The van der Waals surface area contributed by atoms with Crippen molar-refractivity contribution < 1.29 is 17.9 Å². The van der Waals surface area contributed by atoms with Crippen molar-refractivity contribution in [2.75, 3.05) is 24.0 Å². The minimum Gasteiger partial charge on any atom is -0.395 e. The number of halogens is 1. The van der Waals surface area contributed by atoms with Crippen LogP contribution in [0.25, 0.3) is 0 Å². The third-order valence-corrected chi connectivity index (χ3v) is 5.86. The molecule has 1 saturated heterocycles. The molecule has 1 aliphatic rings. The van der Waals surface area contributed by atoms with Gasteiger partial charge in [0.05, 0.1) is 12.3 Å². The van der Waals surface area contributed by atoms with Gasteiger partial charge in [0, 0.05) is 19.1 Å². The van der Waals surface area contributed by atoms with Gasteiger partial charge in [-0.15, -0.1) is 0 Å². The van der Waals surface area contributed by atoms with Crippen LogP contribution in [0.5, 0.6) is 0 Å². The summed E-state index contributed by atoms with van der Waals surface area (Å²) in [5.41, 5.74) is 0.432. The monoisotopic (exact) mass is 316 g/mol. The summed E-state index contributed by atoms with van der Waals surface area (Å²) in [7, 11) is -3.72. The van der Waals surface area contributed by atoms with Crippen LogP contribution in [-0.2, 0) is 10.2 Å². The lowest BCUT2D eigenvalue weighted by Gasteiger charge is -2.37. The Morgan fingerprint density at radius 3 is 2.57 bits per heavy atom. The van der Waals surface area contributed by atoms with Crippen molar-refractivity contribution in [3.8, 4) is 0 Å². The fourth-order valence-corrected chi connectivity index (χ4v) is 4.55. The van der Waals surface area contributed by atoms with Gasteiger partial charge in [-0.3, -0.25) is 4.31 Å². The van der Waals surface area contributed by atoms with Gasteiger partial charge in [-0.05, 0) is 44.0 Å². The molecule has 0 aromatic heterocycles. The van der Waals surface area contributed by atoms with Gasteiger partial charge in [-0.1, -0.05) is 6.42 Å². The molecular formula is C14H21FN2O3S. The average Bonchev–Trinajstić information content (AvgIpc) is 2.49. The van der Waals surface area contributed by atoms with Crippen LogP contribution in [0.3, 0.4) is 0 Å². The predicted molar refractivity (Wildman–Crippen MR) is 79.8 cm³/mol. The summed E-state index contributed by atoms with van der Waals surface area (Å²) >= 11 is 0. The fraction of sp³-hybridized carbons (Fsp3) is 0.571. The molecule has 0 spiro atoms. The summed E-state index contributed by atoms with van der Waals surface area (Å²) in [5, 5.41) is 9.41. The van der Waals surface area contributed by atoms with Gasteiger partial charge in [0.2, 0.25) is 0 Å². The maximum absolute atomic E-state index is 13.0. The highest BCUT2D eigenvalue weighted by Gasteiger charge is 2.35. The second kappa shape index (κ2) is 6.72. The molecule has 1 heterocycles. The van der Waals surface area contributed by atoms with E-state index in [9.17, 15) is 17.9 Å². The van der Waals surface area contributed by atoms with Gasteiger partial charge in [0.15, 0.2) is 0 Å². The second-order valence-corrected chi connectivity index (χ2v) is 6.90. The van der Waals surface area contributed by atoms with Gasteiger partial charge in [0.25, 0.3) is 0 Å². The molecule has 2 rings (SSSR count). The van der Waals surface area contributed by atoms with E-state index >= 15 is 0 Å². The van der Waals surface area contributed by atoms with Gasteiger partial charge < -0.3 is 5.11 Å². The molecule has 0 radical (unpaired) electrons. The summed E-state index contributed by atoms with van der Waals surface area (Å²) in [6.07, 6.45) is 2.37. The quantitative estimate of drug-likeness (QED) is 0.900. The Labute approximate surface area is 125 Å². The summed E-state index contributed by atoms with van der Waals surface area (Å²) in [6, 6.07) is 5.02. The predicted octanol–water partition coefficient (Wildman–Crippen LogP) is 1.74. The first-order chi connectivity index (χ1) is 10.0. The van der Waals surface area contributed by atoms with Crippen LogP contribution in [0.15, 0.2) is 24.3 Å². The molecule has 7 heteroatoms. The molecule has 1 aliphatic heterocycles. The Bertz CT molecular complexity index is 562. The molecule has 1 aromatic carbocycles. The van der Waals surface area contributed by atoms with Crippen LogP contribution in [-0.4, -0.2) is 43.6 Å². The lowest BCUT2D eigenvalue weighted by atomic mass is 10.1. The van der Waals surface area contributed by atoms with E-state index in [-0.39, 0.29) is 19.2 Å². The Kier molecular flexibility index (Phi) is 5.18. The molecule has 1 aromatic rings. The molecule has 1 atom stereocenters. The summed E-state index contributed by atoms with van der Waals surface area (Å²) < 4.78 is 41.3. The van der Waals surface area contributed by atoms with Gasteiger partial charge in [-0.2, -0.15) is 12.7 Å². The van der Waals surface area contributed by atoms with E-state index in [0.717, 1.165) is 12.8 Å². The summed E-state index contributed by atoms with van der Waals surface area (Å²) in [5.74, 6) is -0.404. The maximum Gasteiger partial charge on any atom is 0.304 e. The molecule has 118 valence electrons. The fourth-order valence-electron chi connectivity index (χ4n) is 2.67. The lowest BCUT2D eigenvalue weighted by Crippen LogP contribution is -2.52. The number of hydrogen-bond acceptors (Lipinski definition) is 3. The topological polar surface area (TPSA) is 60.9 Å². The van der Waals surface area contributed by atoms with E-state index in [1.165, 1.54) is 32.9 Å². The number of hydrogen-bond donors (Lipinski definition) is 1. The van der Waals surface area contributed by atoms with Crippen LogP contribution < -0.4 is 4.31 Å². The van der Waals surface area contributed by atoms with Gasteiger partial charge in [-0.25, -0.2) is 4.39 Å². The molecule has 0 aliphatic carbocycles. The number of piperidine rings is 1. The Balaban J connectivity index is 2.32. The van der Waals surface area contributed by atoms with E-state index in [2.05, 4.69) is 0 Å². The average molecular weight is 316 g/mol. The number of nitrogens with zero attached hydrogens (tertiary/aromatic N) is 2. The van der Waals surface area contributed by atoms with Crippen molar-refractivity contribution in [3.63, 3.8) is 0 Å². The summed E-state index contributed by atoms with van der Waals surface area (Å²) in [4.78, 5) is 0. The van der Waals surface area contributed by atoms with Crippen molar-refractivity contribution in [1.29, 1.82) is 0 Å². The van der Waals surface area contributed by atoms with Crippen LogP contribution in [0, 0.1) is 5.82 Å². The van der Waals surface area contributed by atoms with Crippen molar-refractivity contribution in [2.45, 2.75) is 32.2 Å². The molecular weight excluding hydrogens is 295 g/mol. The first kappa shape index (κ1) is 16.2. The van der Waals surface area contributed by atoms with Gasteiger partial charge >= 0.3 is 10.2 Å². The van der Waals surface area contributed by atoms with E-state index in [1.54, 1.807) is 6.92 Å². The van der Waals surface area contributed by atoms with Crippen molar-refractivity contribution in [1.82, 2.24) is 4.31 Å². The molecule has 5 nitrogen and oxygen atoms in total. The Hall–Kier alpha value is -1.18. The molecule has 1 fully saturated rings. The highest BCUT2D eigenvalue weighted by Crippen LogP contribution is 2.26. The van der Waals surface area contributed by atoms with Crippen LogP contribution in [0.4, 0.5) is 10.1 Å². The van der Waals surface area contributed by atoms with Crippen molar-refractivity contribution >= 4 is 15.9 Å². The molecule has 1 unspecified atom stereocenters. The maximum atomic E-state index is 13.0. The van der Waals surface area contributed by atoms with E-state index in [1.807, 2.05) is 0 Å². The molecule has 0 bridgehead atoms. The number of benzene rings is 1. The molecule has 0 saturated carbocycles. The Morgan fingerprint density at radius 2 is 2.00 bits per heavy atom. The normalized spacial score (nSPS) is 20.4. The lowest BCUT2D eigenvalue weighted by molar-refractivity contribution is 0.155. The van der Waals surface area contributed by atoms with Crippen LogP contribution in [0.2, 0.25) is 0 Å². The SMILES string of the molecule is CCN(c1ccc(F)cc1)S(=O)(=O)N1CCCCC1CO. The third-order valence-electron chi connectivity index (χ3n) is 3.76. The van der Waals surface area contributed by atoms with E-state index in [0.29, 0.717) is 18.7 Å². The van der Waals surface area contributed by atoms with Crippen molar-refractivity contribution in [3.05, 3.63) is 30.1 Å². The first-order valence-electron chi connectivity index (χ1n) is 7.16. The standard InChI is InChI=1S/C14H21FN2O3S/c1-2-16(13-8-6-12(15)7-9-13)21(19,20)17-10-4-3-5-14(17)11-18/h6-9,14,18H,2-5,10-11H2,1H3. The zero-order valence-electron chi connectivity index (χ0n) is 12.1.